The van der Waals surface area contributed by atoms with Crippen molar-refractivity contribution in [3.8, 4) is 0 Å². The first-order valence-electron chi connectivity index (χ1n) is 4.20. The molecule has 3 aliphatic rings. The van der Waals surface area contributed by atoms with Crippen molar-refractivity contribution >= 4 is 18.4 Å². The van der Waals surface area contributed by atoms with Crippen LogP contribution >= 0.6 is 12.4 Å². The number of carbonyl (C=O) groups excluding carboxylic acids is 1. The second-order valence-electron chi connectivity index (χ2n) is 3.72. The van der Waals surface area contributed by atoms with Crippen molar-refractivity contribution < 1.29 is 14.3 Å². The van der Waals surface area contributed by atoms with E-state index in [0.29, 0.717) is 26.1 Å². The van der Waals surface area contributed by atoms with Gasteiger partial charge in [-0.2, -0.15) is 0 Å². The van der Waals surface area contributed by atoms with Crippen molar-refractivity contribution in [1.82, 2.24) is 0 Å². The number of ether oxygens (including phenoxy) is 2. The number of carbonyl (C=O) groups is 1. The molecule has 2 N–H and O–H groups in total. The number of nitrogens with two attached hydrogens (primary N) is 1. The van der Waals surface area contributed by atoms with Gasteiger partial charge in [0.1, 0.15) is 0 Å². The van der Waals surface area contributed by atoms with Crippen LogP contribution in [0.15, 0.2) is 0 Å². The van der Waals surface area contributed by atoms with Crippen LogP contribution in [0.2, 0.25) is 0 Å². The van der Waals surface area contributed by atoms with E-state index in [1.54, 1.807) is 6.92 Å². The molecule has 13 heavy (non-hydrogen) atoms. The maximum atomic E-state index is 11.3. The van der Waals surface area contributed by atoms with Crippen LogP contribution in [0.25, 0.3) is 0 Å². The summed E-state index contributed by atoms with van der Waals surface area (Å²) in [5.41, 5.74) is 4.91. The Hall–Kier alpha value is -0.320. The molecule has 0 aromatic carbocycles. The van der Waals surface area contributed by atoms with Gasteiger partial charge in [-0.15, -0.1) is 12.4 Å². The molecule has 2 bridgehead atoms. The van der Waals surface area contributed by atoms with Crippen LogP contribution in [-0.2, 0) is 14.3 Å². The molecule has 0 unspecified atom stereocenters. The Bertz CT molecular complexity index is 225. The first kappa shape index (κ1) is 10.8. The van der Waals surface area contributed by atoms with Crippen molar-refractivity contribution in [2.45, 2.75) is 30.9 Å². The Kier molecular flexibility index (Phi) is 2.58. The molecule has 3 fully saturated rings. The van der Waals surface area contributed by atoms with E-state index in [0.717, 1.165) is 0 Å². The molecule has 2 aliphatic heterocycles. The first-order valence-corrected chi connectivity index (χ1v) is 4.20. The zero-order chi connectivity index (χ0) is 8.82. The second kappa shape index (κ2) is 3.12. The van der Waals surface area contributed by atoms with Gasteiger partial charge in [0.2, 0.25) is 0 Å². The van der Waals surface area contributed by atoms with E-state index in [-0.39, 0.29) is 23.9 Å². The average Bonchev–Trinajstić information content (AvgIpc) is 2.42. The Balaban J connectivity index is 0.000000845. The van der Waals surface area contributed by atoms with Crippen molar-refractivity contribution in [2.75, 3.05) is 13.2 Å². The standard InChI is InChI=1S/C8H13NO3.ClH/c1-2-11-6(10)8-3-7(9,4-8)5-12-8;/h2-5,9H2,1H3;1H. The lowest BCUT2D eigenvalue weighted by atomic mass is 9.69. The van der Waals surface area contributed by atoms with Crippen LogP contribution in [0.5, 0.6) is 0 Å². The Morgan fingerprint density at radius 3 is 2.62 bits per heavy atom. The van der Waals surface area contributed by atoms with E-state index < -0.39 is 5.60 Å². The molecule has 2 saturated heterocycles. The lowest BCUT2D eigenvalue weighted by Gasteiger charge is -2.39. The predicted molar refractivity (Wildman–Crippen MR) is 48.7 cm³/mol. The van der Waals surface area contributed by atoms with Crippen LogP contribution in [0.1, 0.15) is 19.8 Å². The monoisotopic (exact) mass is 207 g/mol. The van der Waals surface area contributed by atoms with Crippen LogP contribution in [0.3, 0.4) is 0 Å². The van der Waals surface area contributed by atoms with E-state index in [2.05, 4.69) is 0 Å². The molecule has 0 aromatic rings. The third kappa shape index (κ3) is 1.43. The third-order valence-corrected chi connectivity index (χ3v) is 2.56. The second-order valence-corrected chi connectivity index (χ2v) is 3.72. The molecule has 0 spiro atoms. The molecule has 3 rings (SSSR count). The highest BCUT2D eigenvalue weighted by molar-refractivity contribution is 5.85. The minimum absolute atomic E-state index is 0. The summed E-state index contributed by atoms with van der Waals surface area (Å²) in [6.07, 6.45) is 1.25. The lowest BCUT2D eigenvalue weighted by molar-refractivity contribution is -0.169. The molecule has 0 aromatic heterocycles. The molecule has 4 nitrogen and oxygen atoms in total. The normalized spacial score (nSPS) is 40.5. The topological polar surface area (TPSA) is 61.5 Å². The molecule has 76 valence electrons. The van der Waals surface area contributed by atoms with Gasteiger partial charge < -0.3 is 15.2 Å². The number of hydrogen-bond acceptors (Lipinski definition) is 4. The summed E-state index contributed by atoms with van der Waals surface area (Å²) in [5, 5.41) is 0. The zero-order valence-electron chi connectivity index (χ0n) is 7.54. The minimum Gasteiger partial charge on any atom is -0.464 e. The molecule has 0 atom stereocenters. The van der Waals surface area contributed by atoms with Gasteiger partial charge >= 0.3 is 5.97 Å². The first-order chi connectivity index (χ1) is 5.60. The van der Waals surface area contributed by atoms with E-state index in [9.17, 15) is 4.79 Å². The van der Waals surface area contributed by atoms with E-state index >= 15 is 0 Å². The fourth-order valence-corrected chi connectivity index (χ4v) is 2.04. The van der Waals surface area contributed by atoms with Crippen LogP contribution < -0.4 is 5.73 Å². The van der Waals surface area contributed by atoms with Gasteiger partial charge in [0, 0.05) is 18.4 Å². The number of fused-ring (bicyclic) bond motifs is 1. The molecule has 0 amide bonds. The van der Waals surface area contributed by atoms with Gasteiger partial charge in [-0.05, 0) is 6.92 Å². The summed E-state index contributed by atoms with van der Waals surface area (Å²) in [6, 6.07) is 0. The van der Waals surface area contributed by atoms with Crippen molar-refractivity contribution in [3.63, 3.8) is 0 Å². The fraction of sp³-hybridized carbons (Fsp3) is 0.875. The quantitative estimate of drug-likeness (QED) is 0.659. The Labute approximate surface area is 83.2 Å². The summed E-state index contributed by atoms with van der Waals surface area (Å²) < 4.78 is 10.2. The number of hydrogen-bond donors (Lipinski definition) is 1. The van der Waals surface area contributed by atoms with Crippen LogP contribution in [0, 0.1) is 0 Å². The maximum Gasteiger partial charge on any atom is 0.338 e. The van der Waals surface area contributed by atoms with E-state index in [1.807, 2.05) is 0 Å². The maximum absolute atomic E-state index is 11.3. The highest BCUT2D eigenvalue weighted by atomic mass is 35.5. The van der Waals surface area contributed by atoms with Crippen LogP contribution in [0.4, 0.5) is 0 Å². The van der Waals surface area contributed by atoms with Gasteiger partial charge in [-0.3, -0.25) is 0 Å². The van der Waals surface area contributed by atoms with Gasteiger partial charge in [-0.1, -0.05) is 0 Å². The van der Waals surface area contributed by atoms with Gasteiger partial charge in [0.25, 0.3) is 0 Å². The molecule has 5 heteroatoms. The van der Waals surface area contributed by atoms with E-state index in [4.69, 9.17) is 15.2 Å². The van der Waals surface area contributed by atoms with Crippen molar-refractivity contribution in [3.05, 3.63) is 0 Å². The number of esters is 1. The lowest BCUT2D eigenvalue weighted by Crippen LogP contribution is -2.59. The zero-order valence-corrected chi connectivity index (χ0v) is 8.36. The number of halogens is 1. The molecule has 1 saturated carbocycles. The SMILES string of the molecule is CCOC(=O)C12CC(N)(CO1)C2.Cl. The third-order valence-electron chi connectivity index (χ3n) is 2.56. The van der Waals surface area contributed by atoms with E-state index in [1.165, 1.54) is 0 Å². The number of rotatable bonds is 2. The molecular formula is C8H14ClNO3. The van der Waals surface area contributed by atoms with Gasteiger partial charge in [0.15, 0.2) is 5.60 Å². The highest BCUT2D eigenvalue weighted by Gasteiger charge is 2.65. The van der Waals surface area contributed by atoms with Gasteiger partial charge in [-0.25, -0.2) is 4.79 Å². The Morgan fingerprint density at radius 2 is 2.23 bits per heavy atom. The smallest absolute Gasteiger partial charge is 0.338 e. The van der Waals surface area contributed by atoms with Crippen molar-refractivity contribution in [1.29, 1.82) is 0 Å². The fourth-order valence-electron chi connectivity index (χ4n) is 2.04. The average molecular weight is 208 g/mol. The summed E-state index contributed by atoms with van der Waals surface area (Å²) >= 11 is 0. The predicted octanol–water partition coefficient (Wildman–Crippen LogP) is 0.232. The van der Waals surface area contributed by atoms with Gasteiger partial charge in [0.05, 0.1) is 13.2 Å². The Morgan fingerprint density at radius 1 is 1.62 bits per heavy atom. The summed E-state index contributed by atoms with van der Waals surface area (Å²) in [4.78, 5) is 11.3. The molecule has 1 aliphatic carbocycles. The summed E-state index contributed by atoms with van der Waals surface area (Å²) in [5.74, 6) is -0.247. The van der Waals surface area contributed by atoms with Crippen LogP contribution in [-0.4, -0.2) is 30.3 Å². The van der Waals surface area contributed by atoms with Crippen molar-refractivity contribution in [2.24, 2.45) is 5.73 Å². The molecular weight excluding hydrogens is 194 g/mol. The molecule has 2 heterocycles. The minimum atomic E-state index is -0.676. The molecule has 0 radical (unpaired) electrons. The largest absolute Gasteiger partial charge is 0.464 e. The summed E-state index contributed by atoms with van der Waals surface area (Å²) in [7, 11) is 0. The highest BCUT2D eigenvalue weighted by Crippen LogP contribution is 2.50. The summed E-state index contributed by atoms with van der Waals surface area (Å²) in [6.45, 7) is 2.69.